The Balaban J connectivity index is 1.68. The maximum absolute atomic E-state index is 13.5. The summed E-state index contributed by atoms with van der Waals surface area (Å²) in [6.45, 7) is 7.75. The molecule has 0 spiro atoms. The largest absolute Gasteiger partial charge is 0.420 e. The second-order valence-electron chi connectivity index (χ2n) is 10.2. The SMILES string of the molecule is CCC(C)S(=O)(=O)Nc1cc(-c2nnc(C(C)C(N)c3ccccc3)o2)cc(N(CCF)CC2CC2C)n1. The van der Waals surface area contributed by atoms with Crippen LogP contribution in [0.3, 0.4) is 0 Å². The fourth-order valence-electron chi connectivity index (χ4n) is 4.31. The smallest absolute Gasteiger partial charge is 0.248 e. The van der Waals surface area contributed by atoms with Crippen molar-refractivity contribution in [3.8, 4) is 11.5 Å². The van der Waals surface area contributed by atoms with Gasteiger partial charge in [0.15, 0.2) is 0 Å². The maximum atomic E-state index is 13.5. The van der Waals surface area contributed by atoms with Crippen LogP contribution in [0.4, 0.5) is 16.0 Å². The number of hydrogen-bond donors (Lipinski definition) is 2. The lowest BCUT2D eigenvalue weighted by Gasteiger charge is -2.24. The molecule has 0 amide bonds. The topological polar surface area (TPSA) is 127 Å². The van der Waals surface area contributed by atoms with Gasteiger partial charge in [-0.1, -0.05) is 51.1 Å². The van der Waals surface area contributed by atoms with Crippen LogP contribution < -0.4 is 15.4 Å². The van der Waals surface area contributed by atoms with Crippen molar-refractivity contribution < 1.29 is 17.2 Å². The van der Waals surface area contributed by atoms with E-state index in [-0.39, 0.29) is 30.2 Å². The molecule has 2 aromatic heterocycles. The molecule has 3 N–H and O–H groups in total. The van der Waals surface area contributed by atoms with E-state index in [0.717, 1.165) is 12.0 Å². The quantitative estimate of drug-likeness (QED) is 0.311. The van der Waals surface area contributed by atoms with Crippen LogP contribution in [-0.2, 0) is 10.0 Å². The van der Waals surface area contributed by atoms with E-state index in [1.807, 2.05) is 42.2 Å². The van der Waals surface area contributed by atoms with Crippen LogP contribution in [0.25, 0.3) is 11.5 Å². The van der Waals surface area contributed by atoms with Crippen molar-refractivity contribution in [2.45, 2.75) is 57.7 Å². The summed E-state index contributed by atoms with van der Waals surface area (Å²) >= 11 is 0. The lowest BCUT2D eigenvalue weighted by molar-refractivity contribution is 0.431. The molecular formula is C27H37FN6O3S. The van der Waals surface area contributed by atoms with E-state index in [2.05, 4.69) is 26.8 Å². The summed E-state index contributed by atoms with van der Waals surface area (Å²) in [6, 6.07) is 12.6. The Kier molecular flexibility index (Phi) is 8.67. The lowest BCUT2D eigenvalue weighted by atomic mass is 9.95. The average molecular weight is 545 g/mol. The van der Waals surface area contributed by atoms with Gasteiger partial charge in [0.25, 0.3) is 0 Å². The fraction of sp³-hybridized carbons (Fsp3) is 0.519. The van der Waals surface area contributed by atoms with Crippen molar-refractivity contribution in [2.75, 3.05) is 29.4 Å². The number of rotatable bonds is 13. The molecule has 1 aliphatic rings. The standard InChI is InChI=1S/C27H37FN6O3S/c1-5-18(3)38(35,36)33-23-14-21(15-24(30-23)34(12-11-28)16-22-13-17(22)2)27-32-31-26(37-27)19(4)25(29)20-9-7-6-8-10-20/h6-10,14-15,17-19,22,25H,5,11-13,16,29H2,1-4H3,(H,30,33). The summed E-state index contributed by atoms with van der Waals surface area (Å²) in [4.78, 5) is 6.41. The van der Waals surface area contributed by atoms with E-state index in [1.54, 1.807) is 26.0 Å². The molecule has 3 aromatic rings. The Morgan fingerprint density at radius 1 is 1.21 bits per heavy atom. The van der Waals surface area contributed by atoms with Gasteiger partial charge in [-0.25, -0.2) is 17.8 Å². The highest BCUT2D eigenvalue weighted by molar-refractivity contribution is 7.93. The van der Waals surface area contributed by atoms with E-state index in [9.17, 15) is 12.8 Å². The van der Waals surface area contributed by atoms with Crippen molar-refractivity contribution in [1.29, 1.82) is 0 Å². The highest BCUT2D eigenvalue weighted by Crippen LogP contribution is 2.39. The molecule has 9 nitrogen and oxygen atoms in total. The van der Waals surface area contributed by atoms with Gasteiger partial charge in [0.1, 0.15) is 18.3 Å². The molecule has 5 unspecified atom stereocenters. The molecule has 1 fully saturated rings. The first kappa shape index (κ1) is 28.0. The summed E-state index contributed by atoms with van der Waals surface area (Å²) in [7, 11) is -3.67. The summed E-state index contributed by atoms with van der Waals surface area (Å²) in [5.74, 6) is 1.90. The number of nitrogens with two attached hydrogens (primary N) is 1. The van der Waals surface area contributed by atoms with Crippen LogP contribution in [0.5, 0.6) is 0 Å². The van der Waals surface area contributed by atoms with Gasteiger partial charge >= 0.3 is 0 Å². The molecule has 5 atom stereocenters. The van der Waals surface area contributed by atoms with E-state index in [0.29, 0.717) is 42.1 Å². The second kappa shape index (κ2) is 11.8. The molecule has 206 valence electrons. The zero-order valence-electron chi connectivity index (χ0n) is 22.3. The minimum absolute atomic E-state index is 0.124. The molecule has 1 saturated carbocycles. The summed E-state index contributed by atoms with van der Waals surface area (Å²) in [5.41, 5.74) is 7.90. The van der Waals surface area contributed by atoms with Gasteiger partial charge in [0.05, 0.1) is 11.2 Å². The van der Waals surface area contributed by atoms with Gasteiger partial charge in [-0.3, -0.25) is 4.72 Å². The molecular weight excluding hydrogens is 507 g/mol. The average Bonchev–Trinajstić information content (AvgIpc) is 3.38. The third-order valence-electron chi connectivity index (χ3n) is 7.37. The number of halogens is 1. The van der Waals surface area contributed by atoms with Crippen LogP contribution in [0.2, 0.25) is 0 Å². The zero-order valence-corrected chi connectivity index (χ0v) is 23.2. The highest BCUT2D eigenvalue weighted by atomic mass is 32.2. The predicted octanol–water partition coefficient (Wildman–Crippen LogP) is 4.91. The third-order valence-corrected chi connectivity index (χ3v) is 9.26. The summed E-state index contributed by atoms with van der Waals surface area (Å²) in [5, 5.41) is 7.86. The van der Waals surface area contributed by atoms with Crippen LogP contribution in [0.1, 0.15) is 64.0 Å². The molecule has 1 aliphatic carbocycles. The maximum Gasteiger partial charge on any atom is 0.248 e. The number of alkyl halides is 1. The van der Waals surface area contributed by atoms with Crippen molar-refractivity contribution in [1.82, 2.24) is 15.2 Å². The molecule has 0 radical (unpaired) electrons. The van der Waals surface area contributed by atoms with Crippen molar-refractivity contribution >= 4 is 21.7 Å². The van der Waals surface area contributed by atoms with Crippen molar-refractivity contribution in [3.63, 3.8) is 0 Å². The van der Waals surface area contributed by atoms with E-state index in [4.69, 9.17) is 10.2 Å². The highest BCUT2D eigenvalue weighted by Gasteiger charge is 2.34. The van der Waals surface area contributed by atoms with Crippen LogP contribution in [-0.4, -0.2) is 48.6 Å². The number of anilines is 2. The number of nitrogens with zero attached hydrogens (tertiary/aromatic N) is 4. The Morgan fingerprint density at radius 3 is 2.55 bits per heavy atom. The van der Waals surface area contributed by atoms with Gasteiger partial charge in [0, 0.05) is 24.7 Å². The third kappa shape index (κ3) is 6.50. The molecule has 38 heavy (non-hydrogen) atoms. The predicted molar refractivity (Wildman–Crippen MR) is 147 cm³/mol. The van der Waals surface area contributed by atoms with Crippen molar-refractivity contribution in [3.05, 3.63) is 53.9 Å². The minimum Gasteiger partial charge on any atom is -0.420 e. The summed E-state index contributed by atoms with van der Waals surface area (Å²) < 4.78 is 47.8. The fourth-order valence-corrected chi connectivity index (χ4v) is 5.35. The first-order chi connectivity index (χ1) is 18.1. The van der Waals surface area contributed by atoms with Gasteiger partial charge in [-0.15, -0.1) is 10.2 Å². The first-order valence-corrected chi connectivity index (χ1v) is 14.7. The Bertz CT molecular complexity index is 1320. The Morgan fingerprint density at radius 2 is 1.92 bits per heavy atom. The van der Waals surface area contributed by atoms with Crippen molar-refractivity contribution in [2.24, 2.45) is 17.6 Å². The Hall–Kier alpha value is -3.05. The number of nitrogens with one attached hydrogen (secondary N) is 1. The lowest BCUT2D eigenvalue weighted by Crippen LogP contribution is -2.30. The van der Waals surface area contributed by atoms with E-state index < -0.39 is 21.9 Å². The number of benzene rings is 1. The minimum atomic E-state index is -3.67. The molecule has 2 heterocycles. The van der Waals surface area contributed by atoms with Crippen LogP contribution in [0.15, 0.2) is 46.9 Å². The number of sulfonamides is 1. The summed E-state index contributed by atoms with van der Waals surface area (Å²) in [6.07, 6.45) is 1.52. The number of pyridine rings is 1. The molecule has 11 heteroatoms. The zero-order chi connectivity index (χ0) is 27.4. The molecule has 4 rings (SSSR count). The molecule has 0 saturated heterocycles. The van der Waals surface area contributed by atoms with E-state index >= 15 is 0 Å². The van der Waals surface area contributed by atoms with Gasteiger partial charge in [-0.2, -0.15) is 0 Å². The van der Waals surface area contributed by atoms with E-state index in [1.165, 1.54) is 0 Å². The van der Waals surface area contributed by atoms with Gasteiger partial charge in [0.2, 0.25) is 21.8 Å². The molecule has 0 aliphatic heterocycles. The van der Waals surface area contributed by atoms with Gasteiger partial charge < -0.3 is 15.1 Å². The normalized spacial score (nSPS) is 19.5. The molecule has 1 aromatic carbocycles. The number of hydrogen-bond acceptors (Lipinski definition) is 8. The van der Waals surface area contributed by atoms with Crippen LogP contribution in [0, 0.1) is 11.8 Å². The number of aromatic nitrogens is 3. The Labute approximate surface area is 224 Å². The van der Waals surface area contributed by atoms with Gasteiger partial charge in [-0.05, 0) is 49.3 Å². The monoisotopic (exact) mass is 544 g/mol. The second-order valence-corrected chi connectivity index (χ2v) is 12.3. The van der Waals surface area contributed by atoms with Crippen LogP contribution >= 0.6 is 0 Å². The molecule has 0 bridgehead atoms. The first-order valence-electron chi connectivity index (χ1n) is 13.1.